The Kier molecular flexibility index (Phi) is 14.6. The summed E-state index contributed by atoms with van der Waals surface area (Å²) in [5.74, 6) is 0.809. The molecule has 15 heavy (non-hydrogen) atoms. The zero-order chi connectivity index (χ0) is 12.1. The minimum Gasteiger partial charge on any atom is -0.374 e. The lowest BCUT2D eigenvalue weighted by atomic mass is 10.3. The number of hydrogen-bond acceptors (Lipinski definition) is 3. The summed E-state index contributed by atoms with van der Waals surface area (Å²) in [4.78, 5) is 0. The fourth-order valence-electron chi connectivity index (χ4n) is 0.793. The molecule has 0 unspecified atom stereocenters. The first-order valence-electron chi connectivity index (χ1n) is 5.89. The molecule has 1 aromatic rings. The Labute approximate surface area is 93.8 Å². The Morgan fingerprint density at radius 2 is 1.80 bits per heavy atom. The fraction of sp³-hybridized carbons (Fsp3) is 0.750. The van der Waals surface area contributed by atoms with Crippen LogP contribution in [0.25, 0.3) is 0 Å². The van der Waals surface area contributed by atoms with Gasteiger partial charge in [-0.2, -0.15) is 0 Å². The smallest absolute Gasteiger partial charge is 0.162 e. The van der Waals surface area contributed by atoms with E-state index in [1.54, 1.807) is 0 Å². The molecule has 0 saturated heterocycles. The Balaban J connectivity index is 0. The van der Waals surface area contributed by atoms with E-state index in [4.69, 9.17) is 9.26 Å². The van der Waals surface area contributed by atoms with Crippen molar-refractivity contribution in [2.75, 3.05) is 6.61 Å². The van der Waals surface area contributed by atoms with E-state index >= 15 is 0 Å². The molecule has 0 atom stereocenters. The number of aryl methyl sites for hydroxylation is 1. The second-order valence-corrected chi connectivity index (χ2v) is 2.28. The summed E-state index contributed by atoms with van der Waals surface area (Å²) < 4.78 is 10.1. The Bertz CT molecular complexity index is 209. The van der Waals surface area contributed by atoms with Crippen molar-refractivity contribution in [1.29, 1.82) is 0 Å². The normalized spacial score (nSPS) is 8.40. The maximum Gasteiger partial charge on any atom is 0.162 e. The standard InChI is InChI=1S/C8H13NO2.2C2H6/c1-3-7-5-8(11-9-7)6-10-4-2;2*1-2/h5H,3-4,6H2,1-2H3;2*1-2H3. The number of rotatable bonds is 4. The van der Waals surface area contributed by atoms with Crippen molar-refractivity contribution in [2.24, 2.45) is 0 Å². The molecule has 0 spiro atoms. The van der Waals surface area contributed by atoms with Gasteiger partial charge in [0.25, 0.3) is 0 Å². The van der Waals surface area contributed by atoms with Gasteiger partial charge < -0.3 is 9.26 Å². The van der Waals surface area contributed by atoms with Gasteiger partial charge in [-0.15, -0.1) is 0 Å². The van der Waals surface area contributed by atoms with Gasteiger partial charge in [0.15, 0.2) is 5.76 Å². The molecule has 0 bridgehead atoms. The van der Waals surface area contributed by atoms with Gasteiger partial charge in [-0.25, -0.2) is 0 Å². The topological polar surface area (TPSA) is 35.3 Å². The molecule has 0 aliphatic rings. The van der Waals surface area contributed by atoms with Crippen molar-refractivity contribution >= 4 is 0 Å². The highest BCUT2D eigenvalue weighted by molar-refractivity contribution is 5.03. The highest BCUT2D eigenvalue weighted by atomic mass is 16.5. The van der Waals surface area contributed by atoms with E-state index in [1.165, 1.54) is 0 Å². The zero-order valence-electron chi connectivity index (χ0n) is 11.0. The summed E-state index contributed by atoms with van der Waals surface area (Å²) in [6.45, 7) is 13.2. The van der Waals surface area contributed by atoms with Gasteiger partial charge in [0.2, 0.25) is 0 Å². The first-order chi connectivity index (χ1) is 7.36. The minimum absolute atomic E-state index is 0.531. The molecular weight excluding hydrogens is 190 g/mol. The van der Waals surface area contributed by atoms with Gasteiger partial charge >= 0.3 is 0 Å². The van der Waals surface area contributed by atoms with Gasteiger partial charge in [-0.3, -0.25) is 0 Å². The van der Waals surface area contributed by atoms with Crippen LogP contribution in [0.1, 0.15) is 53.0 Å². The van der Waals surface area contributed by atoms with Crippen molar-refractivity contribution in [3.8, 4) is 0 Å². The SMILES string of the molecule is CC.CC.CCOCc1cc(CC)no1. The first-order valence-corrected chi connectivity index (χ1v) is 5.89. The third-order valence-corrected chi connectivity index (χ3v) is 1.42. The van der Waals surface area contributed by atoms with Crippen molar-refractivity contribution in [1.82, 2.24) is 5.16 Å². The summed E-state index contributed by atoms with van der Waals surface area (Å²) >= 11 is 0. The molecule has 0 radical (unpaired) electrons. The predicted molar refractivity (Wildman–Crippen MR) is 63.9 cm³/mol. The monoisotopic (exact) mass is 215 g/mol. The molecule has 0 fully saturated rings. The van der Waals surface area contributed by atoms with Gasteiger partial charge in [-0.05, 0) is 13.3 Å². The number of hydrogen-bond donors (Lipinski definition) is 0. The average molecular weight is 215 g/mol. The molecular formula is C12H25NO2. The largest absolute Gasteiger partial charge is 0.374 e. The molecule has 0 saturated carbocycles. The number of nitrogens with zero attached hydrogens (tertiary/aromatic N) is 1. The van der Waals surface area contributed by atoms with E-state index in [2.05, 4.69) is 5.16 Å². The van der Waals surface area contributed by atoms with Crippen molar-refractivity contribution < 1.29 is 9.26 Å². The van der Waals surface area contributed by atoms with Gasteiger partial charge in [0.1, 0.15) is 6.61 Å². The lowest BCUT2D eigenvalue weighted by Crippen LogP contribution is -1.88. The fourth-order valence-corrected chi connectivity index (χ4v) is 0.793. The first kappa shape index (κ1) is 16.6. The predicted octanol–water partition coefficient (Wildman–Crippen LogP) is 3.83. The number of aromatic nitrogens is 1. The van der Waals surface area contributed by atoms with Crippen LogP contribution in [0.3, 0.4) is 0 Å². The minimum atomic E-state index is 0.531. The van der Waals surface area contributed by atoms with Gasteiger partial charge in [0.05, 0.1) is 5.69 Å². The maximum atomic E-state index is 5.14. The lowest BCUT2D eigenvalue weighted by Gasteiger charge is -1.92. The molecule has 3 nitrogen and oxygen atoms in total. The van der Waals surface area contributed by atoms with Gasteiger partial charge in [0, 0.05) is 12.7 Å². The molecule has 90 valence electrons. The van der Waals surface area contributed by atoms with Crippen LogP contribution in [0.15, 0.2) is 10.6 Å². The third-order valence-electron chi connectivity index (χ3n) is 1.42. The third kappa shape index (κ3) is 8.18. The van der Waals surface area contributed by atoms with Crippen LogP contribution >= 0.6 is 0 Å². The molecule has 1 heterocycles. The average Bonchev–Trinajstić information content (AvgIpc) is 2.79. The molecule has 0 amide bonds. The highest BCUT2D eigenvalue weighted by Gasteiger charge is 2.00. The Hall–Kier alpha value is -0.830. The molecule has 0 aliphatic carbocycles. The molecule has 1 aromatic heterocycles. The van der Waals surface area contributed by atoms with E-state index in [9.17, 15) is 0 Å². The van der Waals surface area contributed by atoms with E-state index in [0.717, 1.165) is 17.9 Å². The van der Waals surface area contributed by atoms with Gasteiger partial charge in [-0.1, -0.05) is 39.8 Å². The van der Waals surface area contributed by atoms with Crippen molar-refractivity contribution in [2.45, 2.75) is 54.6 Å². The molecule has 0 aromatic carbocycles. The number of ether oxygens (including phenoxy) is 1. The molecule has 3 heteroatoms. The van der Waals surface area contributed by atoms with Crippen LogP contribution in [-0.4, -0.2) is 11.8 Å². The summed E-state index contributed by atoms with van der Waals surface area (Å²) in [5.41, 5.74) is 0.986. The van der Waals surface area contributed by atoms with Crippen molar-refractivity contribution in [3.63, 3.8) is 0 Å². The summed E-state index contributed by atoms with van der Waals surface area (Å²) in [5, 5.41) is 3.83. The van der Waals surface area contributed by atoms with Crippen LogP contribution in [0.5, 0.6) is 0 Å². The van der Waals surface area contributed by atoms with Crippen LogP contribution in [0.4, 0.5) is 0 Å². The quantitative estimate of drug-likeness (QED) is 0.765. The van der Waals surface area contributed by atoms with Crippen LogP contribution in [0.2, 0.25) is 0 Å². The van der Waals surface area contributed by atoms with Crippen LogP contribution in [-0.2, 0) is 17.8 Å². The van der Waals surface area contributed by atoms with E-state index < -0.39 is 0 Å². The van der Waals surface area contributed by atoms with Crippen molar-refractivity contribution in [3.05, 3.63) is 17.5 Å². The van der Waals surface area contributed by atoms with E-state index in [1.807, 2.05) is 47.6 Å². The second kappa shape index (κ2) is 13.2. The highest BCUT2D eigenvalue weighted by Crippen LogP contribution is 2.04. The van der Waals surface area contributed by atoms with E-state index in [-0.39, 0.29) is 0 Å². The van der Waals surface area contributed by atoms with Crippen LogP contribution < -0.4 is 0 Å². The maximum absolute atomic E-state index is 5.14. The Morgan fingerprint density at radius 1 is 1.20 bits per heavy atom. The summed E-state index contributed by atoms with van der Waals surface area (Å²) in [7, 11) is 0. The molecule has 0 N–H and O–H groups in total. The summed E-state index contributed by atoms with van der Waals surface area (Å²) in [6, 6.07) is 1.93. The summed E-state index contributed by atoms with van der Waals surface area (Å²) in [6.07, 6.45) is 0.912. The van der Waals surface area contributed by atoms with E-state index in [0.29, 0.717) is 13.2 Å². The lowest BCUT2D eigenvalue weighted by molar-refractivity contribution is 0.112. The zero-order valence-corrected chi connectivity index (χ0v) is 11.0. The molecule has 1 rings (SSSR count). The second-order valence-electron chi connectivity index (χ2n) is 2.28. The molecule has 0 aliphatic heterocycles. The van der Waals surface area contributed by atoms with Crippen LogP contribution in [0, 0.1) is 0 Å². The Morgan fingerprint density at radius 3 is 2.20 bits per heavy atom.